The molecule has 3 nitrogen and oxygen atoms in total. The first-order valence-corrected chi connectivity index (χ1v) is 8.23. The molecule has 2 aliphatic heterocycles. The molecule has 0 saturated heterocycles. The fraction of sp³-hybridized carbons (Fsp3) is 0.611. The smallest absolute Gasteiger partial charge is 0.251 e. The summed E-state index contributed by atoms with van der Waals surface area (Å²) in [7, 11) is 0. The maximum Gasteiger partial charge on any atom is 0.251 e. The quantitative estimate of drug-likeness (QED) is 0.833. The molecule has 21 heavy (non-hydrogen) atoms. The zero-order valence-electron chi connectivity index (χ0n) is 13.3. The molecule has 0 radical (unpaired) electrons. The number of nitrogens with one attached hydrogen (secondary N) is 2. The van der Waals surface area contributed by atoms with Gasteiger partial charge in [-0.2, -0.15) is 0 Å². The average molecular weight is 286 g/mol. The van der Waals surface area contributed by atoms with Crippen molar-refractivity contribution >= 4 is 5.91 Å². The summed E-state index contributed by atoms with van der Waals surface area (Å²) in [5.41, 5.74) is 4.87. The van der Waals surface area contributed by atoms with Gasteiger partial charge in [0, 0.05) is 24.2 Å². The van der Waals surface area contributed by atoms with Crippen LogP contribution in [0.5, 0.6) is 0 Å². The molecule has 2 aliphatic rings. The second kappa shape index (κ2) is 5.80. The number of carbonyl (C=O) groups excluding carboxylic acids is 1. The van der Waals surface area contributed by atoms with Gasteiger partial charge in [0.05, 0.1) is 0 Å². The molecule has 1 aromatic rings. The number of benzene rings is 1. The van der Waals surface area contributed by atoms with E-state index in [1.54, 1.807) is 0 Å². The third-order valence-electron chi connectivity index (χ3n) is 4.98. The lowest BCUT2D eigenvalue weighted by molar-refractivity contribution is 0.0942. The van der Waals surface area contributed by atoms with Crippen LogP contribution in [0.1, 0.15) is 60.7 Å². The van der Waals surface area contributed by atoms with Gasteiger partial charge >= 0.3 is 0 Å². The summed E-state index contributed by atoms with van der Waals surface area (Å²) in [5.74, 6) is 0.761. The fourth-order valence-electron chi connectivity index (χ4n) is 3.52. The molecule has 2 N–H and O–H groups in total. The summed E-state index contributed by atoms with van der Waals surface area (Å²) in [5, 5.41) is 6.77. The Balaban J connectivity index is 1.92. The summed E-state index contributed by atoms with van der Waals surface area (Å²) in [6.07, 6.45) is 4.25. The highest BCUT2D eigenvalue weighted by atomic mass is 16.1. The van der Waals surface area contributed by atoms with Gasteiger partial charge in [0.25, 0.3) is 5.91 Å². The molecule has 2 heterocycles. The number of hydrogen-bond acceptors (Lipinski definition) is 2. The van der Waals surface area contributed by atoms with Crippen molar-refractivity contribution in [2.75, 3.05) is 0 Å². The minimum absolute atomic E-state index is 0.107. The van der Waals surface area contributed by atoms with Crippen LogP contribution in [0.3, 0.4) is 0 Å². The minimum Gasteiger partial charge on any atom is -0.350 e. The predicted octanol–water partition coefficient (Wildman–Crippen LogP) is 2.81. The first-order chi connectivity index (χ1) is 10.0. The van der Waals surface area contributed by atoms with Crippen molar-refractivity contribution in [3.05, 3.63) is 34.4 Å². The van der Waals surface area contributed by atoms with Crippen LogP contribution >= 0.6 is 0 Å². The summed E-state index contributed by atoms with van der Waals surface area (Å²) < 4.78 is 0. The molecule has 0 spiro atoms. The molecular formula is C18H26N2O. The van der Waals surface area contributed by atoms with Crippen LogP contribution in [-0.4, -0.2) is 18.0 Å². The van der Waals surface area contributed by atoms with E-state index >= 15 is 0 Å². The van der Waals surface area contributed by atoms with Crippen LogP contribution in [0.15, 0.2) is 12.1 Å². The van der Waals surface area contributed by atoms with E-state index in [1.165, 1.54) is 16.7 Å². The zero-order valence-corrected chi connectivity index (χ0v) is 13.3. The average Bonchev–Trinajstić information content (AvgIpc) is 2.72. The van der Waals surface area contributed by atoms with Crippen LogP contribution in [0.2, 0.25) is 0 Å². The summed E-state index contributed by atoms with van der Waals surface area (Å²) in [6.45, 7) is 7.57. The van der Waals surface area contributed by atoms with Gasteiger partial charge in [-0.3, -0.25) is 4.79 Å². The highest BCUT2D eigenvalue weighted by molar-refractivity contribution is 5.96. The van der Waals surface area contributed by atoms with Crippen molar-refractivity contribution in [3.8, 4) is 0 Å². The van der Waals surface area contributed by atoms with Gasteiger partial charge in [-0.05, 0) is 61.3 Å². The van der Waals surface area contributed by atoms with E-state index in [4.69, 9.17) is 0 Å². The Morgan fingerprint density at radius 3 is 2.62 bits per heavy atom. The standard InChI is InChI=1S/C18H26N2O/c1-11(2)17-7-6-13-9-16-14(8-15(13)10-19-17)5-4-12(3)20-18(16)21/h8-9,11-12,17,19H,4-7,10H2,1-3H3,(H,20,21). The second-order valence-corrected chi connectivity index (χ2v) is 6.96. The van der Waals surface area contributed by atoms with E-state index in [-0.39, 0.29) is 11.9 Å². The monoisotopic (exact) mass is 286 g/mol. The van der Waals surface area contributed by atoms with Crippen LogP contribution in [0.4, 0.5) is 0 Å². The zero-order chi connectivity index (χ0) is 15.0. The lowest BCUT2D eigenvalue weighted by Gasteiger charge is -2.19. The molecule has 3 heteroatoms. The van der Waals surface area contributed by atoms with E-state index in [0.29, 0.717) is 12.0 Å². The second-order valence-electron chi connectivity index (χ2n) is 6.96. The number of hydrogen-bond donors (Lipinski definition) is 2. The lowest BCUT2D eigenvalue weighted by atomic mass is 9.93. The highest BCUT2D eigenvalue weighted by Gasteiger charge is 2.23. The molecule has 3 rings (SSSR count). The number of aryl methyl sites for hydroxylation is 2. The van der Waals surface area contributed by atoms with Crippen molar-refractivity contribution in [2.24, 2.45) is 5.92 Å². The number of fused-ring (bicyclic) bond motifs is 2. The highest BCUT2D eigenvalue weighted by Crippen LogP contribution is 2.26. The van der Waals surface area contributed by atoms with Crippen molar-refractivity contribution in [1.29, 1.82) is 0 Å². The molecule has 0 aliphatic carbocycles. The molecule has 0 bridgehead atoms. The first kappa shape index (κ1) is 14.6. The van der Waals surface area contributed by atoms with E-state index in [0.717, 1.165) is 37.8 Å². The van der Waals surface area contributed by atoms with Crippen molar-refractivity contribution < 1.29 is 4.79 Å². The maximum absolute atomic E-state index is 12.3. The molecule has 0 fully saturated rings. The molecule has 2 unspecified atom stereocenters. The van der Waals surface area contributed by atoms with E-state index < -0.39 is 0 Å². The van der Waals surface area contributed by atoms with Gasteiger partial charge < -0.3 is 10.6 Å². The van der Waals surface area contributed by atoms with Crippen LogP contribution in [0.25, 0.3) is 0 Å². The summed E-state index contributed by atoms with van der Waals surface area (Å²) in [6, 6.07) is 5.28. The molecule has 1 amide bonds. The number of amides is 1. The number of carbonyl (C=O) groups is 1. The van der Waals surface area contributed by atoms with E-state index in [1.807, 2.05) is 0 Å². The van der Waals surface area contributed by atoms with E-state index in [9.17, 15) is 4.79 Å². The Hall–Kier alpha value is -1.35. The molecular weight excluding hydrogens is 260 g/mol. The van der Waals surface area contributed by atoms with Gasteiger partial charge in [-0.15, -0.1) is 0 Å². The third-order valence-corrected chi connectivity index (χ3v) is 4.98. The topological polar surface area (TPSA) is 41.1 Å². The molecule has 2 atom stereocenters. The van der Waals surface area contributed by atoms with Gasteiger partial charge in [-0.25, -0.2) is 0 Å². The largest absolute Gasteiger partial charge is 0.350 e. The van der Waals surface area contributed by atoms with Crippen LogP contribution in [0, 0.1) is 5.92 Å². The fourth-order valence-corrected chi connectivity index (χ4v) is 3.52. The lowest BCUT2D eigenvalue weighted by Crippen LogP contribution is -2.32. The predicted molar refractivity (Wildman–Crippen MR) is 85.5 cm³/mol. The van der Waals surface area contributed by atoms with Crippen LogP contribution in [-0.2, 0) is 19.4 Å². The Labute approximate surface area is 127 Å². The maximum atomic E-state index is 12.3. The summed E-state index contributed by atoms with van der Waals surface area (Å²) in [4.78, 5) is 12.3. The molecule has 1 aromatic carbocycles. The Morgan fingerprint density at radius 1 is 1.10 bits per heavy atom. The SMILES string of the molecule is CC1CCc2cc3c(cc2C(=O)N1)CCC(C(C)C)NC3. The van der Waals surface area contributed by atoms with Gasteiger partial charge in [0.15, 0.2) is 0 Å². The Bertz CT molecular complexity index is 550. The summed E-state index contributed by atoms with van der Waals surface area (Å²) >= 11 is 0. The Morgan fingerprint density at radius 2 is 1.86 bits per heavy atom. The molecule has 114 valence electrons. The van der Waals surface area contributed by atoms with Gasteiger partial charge in [-0.1, -0.05) is 19.9 Å². The Kier molecular flexibility index (Phi) is 4.03. The normalized spacial score (nSPS) is 25.6. The van der Waals surface area contributed by atoms with Crippen LogP contribution < -0.4 is 10.6 Å². The van der Waals surface area contributed by atoms with E-state index in [2.05, 4.69) is 43.5 Å². The van der Waals surface area contributed by atoms with Crippen molar-refractivity contribution in [3.63, 3.8) is 0 Å². The molecule has 0 saturated carbocycles. The van der Waals surface area contributed by atoms with Crippen molar-refractivity contribution in [2.45, 2.75) is 65.1 Å². The number of rotatable bonds is 1. The first-order valence-electron chi connectivity index (χ1n) is 8.23. The van der Waals surface area contributed by atoms with Gasteiger partial charge in [0.1, 0.15) is 0 Å². The van der Waals surface area contributed by atoms with Gasteiger partial charge in [0.2, 0.25) is 0 Å². The molecule has 0 aromatic heterocycles. The van der Waals surface area contributed by atoms with Crippen molar-refractivity contribution in [1.82, 2.24) is 10.6 Å². The third kappa shape index (κ3) is 2.98. The minimum atomic E-state index is 0.107.